The van der Waals surface area contributed by atoms with Crippen molar-refractivity contribution >= 4 is 21.3 Å². The average Bonchev–Trinajstić information content (AvgIpc) is 2.66. The van der Waals surface area contributed by atoms with Crippen molar-refractivity contribution < 1.29 is 22.6 Å². The number of rotatable bonds is 3. The lowest BCUT2D eigenvalue weighted by atomic mass is 9.73. The van der Waals surface area contributed by atoms with E-state index in [0.29, 0.717) is 11.8 Å². The Morgan fingerprint density at radius 3 is 2.59 bits per heavy atom. The van der Waals surface area contributed by atoms with Gasteiger partial charge < -0.3 is 5.11 Å². The van der Waals surface area contributed by atoms with E-state index < -0.39 is 16.5 Å². The van der Waals surface area contributed by atoms with E-state index in [0.717, 1.165) is 36.0 Å². The van der Waals surface area contributed by atoms with E-state index in [9.17, 15) is 5.11 Å². The van der Waals surface area contributed by atoms with Crippen molar-refractivity contribution in [1.82, 2.24) is 9.88 Å². The number of nitrogens with zero attached hydrogens (tertiary/aromatic N) is 2. The summed E-state index contributed by atoms with van der Waals surface area (Å²) >= 11 is 0. The average molecular weight is 392 g/mol. The summed E-state index contributed by atoms with van der Waals surface area (Å²) in [6.45, 7) is 6.11. The normalized spacial score (nSPS) is 28.3. The molecule has 5 rings (SSSR count). The van der Waals surface area contributed by atoms with Gasteiger partial charge in [-0.05, 0) is 48.9 Å². The van der Waals surface area contributed by atoms with Crippen LogP contribution in [0.3, 0.4) is 0 Å². The van der Waals surface area contributed by atoms with Crippen molar-refractivity contribution in [3.63, 3.8) is 0 Å². The second-order valence-electron chi connectivity index (χ2n) is 7.06. The Morgan fingerprint density at radius 1 is 1.26 bits per heavy atom. The Bertz CT molecular complexity index is 904. The molecule has 0 saturated carbocycles. The number of benzene rings is 1. The molecule has 1 unspecified atom stereocenters. The number of pyridine rings is 1. The molecule has 3 N–H and O–H groups in total. The van der Waals surface area contributed by atoms with Crippen LogP contribution >= 0.6 is 0 Å². The second kappa shape index (κ2) is 8.04. The molecule has 2 aromatic rings. The number of aromatic nitrogens is 1. The summed E-state index contributed by atoms with van der Waals surface area (Å²) < 4.78 is 31.6. The highest BCUT2D eigenvalue weighted by Crippen LogP contribution is 2.41. The highest BCUT2D eigenvalue weighted by Gasteiger charge is 2.42. The van der Waals surface area contributed by atoms with Crippen LogP contribution in [0.4, 0.5) is 0 Å². The largest absolute Gasteiger partial charge is 0.394 e. The highest BCUT2D eigenvalue weighted by molar-refractivity contribution is 7.79. The van der Waals surface area contributed by atoms with Crippen LogP contribution in [-0.4, -0.2) is 51.6 Å². The smallest absolute Gasteiger partial charge is 0.387 e. The zero-order chi connectivity index (χ0) is 19.6. The minimum absolute atomic E-state index is 0.223. The summed E-state index contributed by atoms with van der Waals surface area (Å²) in [5, 5.41) is 12.1. The summed E-state index contributed by atoms with van der Waals surface area (Å²) in [6.07, 6.45) is 5.76. The predicted molar refractivity (Wildman–Crippen MR) is 103 cm³/mol. The number of aliphatic hydroxyl groups excluding tert-OH is 1. The Kier molecular flexibility index (Phi) is 5.92. The molecule has 0 radical (unpaired) electrons. The zero-order valence-electron chi connectivity index (χ0n) is 14.8. The van der Waals surface area contributed by atoms with Gasteiger partial charge in [0, 0.05) is 24.2 Å². The van der Waals surface area contributed by atoms with Crippen LogP contribution in [0.2, 0.25) is 0 Å². The minimum atomic E-state index is -4.67. The van der Waals surface area contributed by atoms with Crippen LogP contribution in [-0.2, 0) is 10.4 Å². The molecule has 3 aliphatic heterocycles. The van der Waals surface area contributed by atoms with Crippen molar-refractivity contribution in [2.24, 2.45) is 11.8 Å². The van der Waals surface area contributed by atoms with Gasteiger partial charge in [0.05, 0.1) is 11.6 Å². The van der Waals surface area contributed by atoms with Gasteiger partial charge in [-0.2, -0.15) is 8.42 Å². The monoisotopic (exact) mass is 392 g/mol. The number of para-hydroxylation sites is 1. The quantitative estimate of drug-likeness (QED) is 0.544. The van der Waals surface area contributed by atoms with Crippen molar-refractivity contribution in [1.29, 1.82) is 0 Å². The summed E-state index contributed by atoms with van der Waals surface area (Å²) in [7, 11) is -4.67. The molecule has 1 aromatic carbocycles. The first-order valence-electron chi connectivity index (χ1n) is 8.86. The maximum atomic E-state index is 11.0. The van der Waals surface area contributed by atoms with E-state index in [-0.39, 0.29) is 6.04 Å². The Labute approximate surface area is 158 Å². The molecule has 3 fully saturated rings. The molecule has 5 atom stereocenters. The lowest BCUT2D eigenvalue weighted by Crippen LogP contribution is -2.54. The lowest BCUT2D eigenvalue weighted by Gasteiger charge is -2.50. The van der Waals surface area contributed by atoms with Crippen LogP contribution in [0.1, 0.15) is 24.5 Å². The first-order valence-corrected chi connectivity index (χ1v) is 10.3. The van der Waals surface area contributed by atoms with Gasteiger partial charge in [-0.3, -0.25) is 19.0 Å². The third-order valence-electron chi connectivity index (χ3n) is 5.52. The van der Waals surface area contributed by atoms with Crippen LogP contribution < -0.4 is 0 Å². The summed E-state index contributed by atoms with van der Waals surface area (Å²) in [5.74, 6) is 1.27. The van der Waals surface area contributed by atoms with Crippen LogP contribution in [0.5, 0.6) is 0 Å². The fraction of sp³-hybridized carbons (Fsp3) is 0.421. The molecule has 1 aromatic heterocycles. The number of fused-ring (bicyclic) bond motifs is 4. The Morgan fingerprint density at radius 2 is 1.96 bits per heavy atom. The van der Waals surface area contributed by atoms with E-state index >= 15 is 0 Å². The van der Waals surface area contributed by atoms with Crippen LogP contribution in [0.25, 0.3) is 10.9 Å². The van der Waals surface area contributed by atoms with E-state index in [4.69, 9.17) is 17.5 Å². The van der Waals surface area contributed by atoms with E-state index in [1.54, 1.807) is 0 Å². The van der Waals surface area contributed by atoms with Gasteiger partial charge in [-0.1, -0.05) is 24.3 Å². The third kappa shape index (κ3) is 4.72. The molecule has 4 heterocycles. The topological polar surface area (TPSA) is 111 Å². The van der Waals surface area contributed by atoms with Crippen LogP contribution in [0.15, 0.2) is 49.2 Å². The molecule has 0 aliphatic carbocycles. The number of aliphatic hydroxyl groups is 1. The number of piperidine rings is 3. The van der Waals surface area contributed by atoms with Crippen molar-refractivity contribution in [2.45, 2.75) is 25.0 Å². The molecular weight excluding hydrogens is 368 g/mol. The SMILES string of the molecule is C=C[C@H]1CN2CC[C@H]1C[C@H]2[C@@H](O)c1ccnc2ccccc12.O=S(=O)(O)O. The molecule has 7 nitrogen and oxygen atoms in total. The summed E-state index contributed by atoms with van der Waals surface area (Å²) in [6, 6.07) is 10.3. The van der Waals surface area contributed by atoms with Gasteiger partial charge in [0.25, 0.3) is 0 Å². The first kappa shape index (κ1) is 19.9. The maximum absolute atomic E-state index is 11.0. The van der Waals surface area contributed by atoms with Gasteiger partial charge in [0.1, 0.15) is 0 Å². The predicted octanol–water partition coefficient (Wildman–Crippen LogP) is 2.51. The molecule has 0 spiro atoms. The minimum Gasteiger partial charge on any atom is -0.387 e. The molecule has 2 bridgehead atoms. The molecule has 146 valence electrons. The number of hydrogen-bond donors (Lipinski definition) is 3. The second-order valence-corrected chi connectivity index (χ2v) is 7.95. The van der Waals surface area contributed by atoms with Crippen LogP contribution in [0, 0.1) is 11.8 Å². The number of hydrogen-bond acceptors (Lipinski definition) is 5. The fourth-order valence-corrected chi connectivity index (χ4v) is 4.29. The molecule has 8 heteroatoms. The van der Waals surface area contributed by atoms with Crippen molar-refractivity contribution in [3.05, 3.63) is 54.7 Å². The lowest BCUT2D eigenvalue weighted by molar-refractivity contribution is -0.0444. The van der Waals surface area contributed by atoms with Gasteiger partial charge in [0.2, 0.25) is 0 Å². The van der Waals surface area contributed by atoms with Gasteiger partial charge in [0.15, 0.2) is 0 Å². The maximum Gasteiger partial charge on any atom is 0.394 e. The van der Waals surface area contributed by atoms with E-state index in [1.165, 1.54) is 6.42 Å². The first-order chi connectivity index (χ1) is 12.8. The highest BCUT2D eigenvalue weighted by atomic mass is 32.3. The van der Waals surface area contributed by atoms with Gasteiger partial charge in [-0.15, -0.1) is 6.58 Å². The molecule has 3 saturated heterocycles. The molecule has 27 heavy (non-hydrogen) atoms. The molecule has 3 aliphatic rings. The standard InChI is InChI=1S/C19H22N2O.H2O4S/c1-2-13-12-21-10-8-14(13)11-18(21)19(22)16-7-9-20-17-6-4-3-5-15(16)17;1-5(2,3)4/h2-7,9,13-14,18-19,22H,1,8,10-12H2;(H2,1,2,3,4)/t13-,14-,18-,19-;/m0./s1. The Balaban J connectivity index is 0.000000376. The summed E-state index contributed by atoms with van der Waals surface area (Å²) in [5.41, 5.74) is 1.97. The van der Waals surface area contributed by atoms with Gasteiger partial charge >= 0.3 is 10.4 Å². The molecular formula is C19H24N2O5S. The molecule has 0 amide bonds. The van der Waals surface area contributed by atoms with E-state index in [2.05, 4.69) is 28.6 Å². The zero-order valence-corrected chi connectivity index (χ0v) is 15.7. The van der Waals surface area contributed by atoms with E-state index in [1.807, 2.05) is 30.5 Å². The Hall–Kier alpha value is -1.84. The fourth-order valence-electron chi connectivity index (χ4n) is 4.29. The van der Waals surface area contributed by atoms with Crippen molar-refractivity contribution in [3.8, 4) is 0 Å². The van der Waals surface area contributed by atoms with Crippen molar-refractivity contribution in [2.75, 3.05) is 13.1 Å². The third-order valence-corrected chi connectivity index (χ3v) is 5.52. The summed E-state index contributed by atoms with van der Waals surface area (Å²) in [4.78, 5) is 6.86. The van der Waals surface area contributed by atoms with Gasteiger partial charge in [-0.25, -0.2) is 0 Å².